The molecule has 2 aromatic carbocycles. The average Bonchev–Trinajstić information content (AvgIpc) is 3.15. The molecule has 1 unspecified atom stereocenters. The summed E-state index contributed by atoms with van der Waals surface area (Å²) in [6.07, 6.45) is 2.49. The molecule has 160 valence electrons. The lowest BCUT2D eigenvalue weighted by atomic mass is 9.94. The predicted molar refractivity (Wildman–Crippen MR) is 118 cm³/mol. The fourth-order valence-corrected chi connectivity index (χ4v) is 3.41. The van der Waals surface area contributed by atoms with Crippen molar-refractivity contribution in [3.63, 3.8) is 0 Å². The second-order valence-corrected chi connectivity index (χ2v) is 7.90. The van der Waals surface area contributed by atoms with Crippen molar-refractivity contribution in [2.75, 3.05) is 25.6 Å². The molecule has 3 rings (SSSR count). The number of carbonyl (C=O) groups is 1. The van der Waals surface area contributed by atoms with Crippen molar-refractivity contribution < 1.29 is 19.4 Å². The Labute approximate surface area is 176 Å². The van der Waals surface area contributed by atoms with Crippen molar-refractivity contribution in [2.45, 2.75) is 31.9 Å². The van der Waals surface area contributed by atoms with Crippen LogP contribution in [0.1, 0.15) is 19.4 Å². The smallest absolute Gasteiger partial charge is 0.211 e. The lowest BCUT2D eigenvalue weighted by Gasteiger charge is -2.28. The summed E-state index contributed by atoms with van der Waals surface area (Å²) in [7, 11) is 1.65. The first-order chi connectivity index (χ1) is 14.4. The molecular formula is C23H29N3O4. The number of β-amino-alcohol motifs (C(OH)–C–C–N with tert-alkyl or cyclic N) is 1. The van der Waals surface area contributed by atoms with Gasteiger partial charge in [-0.25, -0.2) is 0 Å². The van der Waals surface area contributed by atoms with Crippen LogP contribution in [0.4, 0.5) is 5.69 Å². The number of H-pyrrole nitrogens is 1. The highest BCUT2D eigenvalue weighted by atomic mass is 16.5. The van der Waals surface area contributed by atoms with Crippen LogP contribution in [0.3, 0.4) is 0 Å². The van der Waals surface area contributed by atoms with E-state index in [0.717, 1.165) is 23.1 Å². The van der Waals surface area contributed by atoms with E-state index in [2.05, 4.69) is 29.5 Å². The van der Waals surface area contributed by atoms with Crippen LogP contribution in [0.5, 0.6) is 11.5 Å². The Morgan fingerprint density at radius 3 is 2.67 bits per heavy atom. The minimum Gasteiger partial charge on any atom is -0.497 e. The second-order valence-electron chi connectivity index (χ2n) is 7.90. The molecule has 0 fully saturated rings. The zero-order valence-corrected chi connectivity index (χ0v) is 17.6. The Bertz CT molecular complexity index is 966. The monoisotopic (exact) mass is 411 g/mol. The molecule has 1 heterocycles. The summed E-state index contributed by atoms with van der Waals surface area (Å²) < 4.78 is 11.0. The van der Waals surface area contributed by atoms with Gasteiger partial charge in [0.2, 0.25) is 6.41 Å². The maximum Gasteiger partial charge on any atom is 0.211 e. The number of hydrogen-bond donors (Lipinski definition) is 4. The number of anilines is 1. The normalized spacial score (nSPS) is 12.5. The molecule has 30 heavy (non-hydrogen) atoms. The molecule has 0 aliphatic rings. The molecule has 1 amide bonds. The summed E-state index contributed by atoms with van der Waals surface area (Å²) in [5, 5.41) is 17.3. The van der Waals surface area contributed by atoms with Gasteiger partial charge in [0.25, 0.3) is 0 Å². The Morgan fingerprint density at radius 2 is 1.97 bits per heavy atom. The van der Waals surface area contributed by atoms with E-state index in [9.17, 15) is 9.90 Å². The number of aliphatic hydroxyl groups is 1. The van der Waals surface area contributed by atoms with Gasteiger partial charge < -0.3 is 30.2 Å². The molecule has 3 aromatic rings. The van der Waals surface area contributed by atoms with Crippen molar-refractivity contribution >= 4 is 23.0 Å². The summed E-state index contributed by atoms with van der Waals surface area (Å²) in [5.41, 5.74) is 2.50. The first-order valence-corrected chi connectivity index (χ1v) is 9.91. The maximum absolute atomic E-state index is 10.8. The van der Waals surface area contributed by atoms with Crippen LogP contribution in [0.15, 0.2) is 48.7 Å². The van der Waals surface area contributed by atoms with Crippen LogP contribution in [0.2, 0.25) is 0 Å². The van der Waals surface area contributed by atoms with Crippen LogP contribution in [-0.2, 0) is 11.2 Å². The minimum absolute atomic E-state index is 0.133. The van der Waals surface area contributed by atoms with Gasteiger partial charge in [0.1, 0.15) is 24.2 Å². The van der Waals surface area contributed by atoms with Crippen molar-refractivity contribution in [3.8, 4) is 11.5 Å². The largest absolute Gasteiger partial charge is 0.497 e. The van der Waals surface area contributed by atoms with Gasteiger partial charge in [0.05, 0.1) is 23.7 Å². The van der Waals surface area contributed by atoms with E-state index in [1.807, 2.05) is 36.4 Å². The number of aliphatic hydroxyl groups excluding tert-OH is 1. The van der Waals surface area contributed by atoms with Gasteiger partial charge in [-0.1, -0.05) is 18.2 Å². The zero-order chi connectivity index (χ0) is 21.6. The molecule has 0 bridgehead atoms. The third kappa shape index (κ3) is 5.52. The first-order valence-electron chi connectivity index (χ1n) is 9.91. The number of aromatic amines is 1. The number of rotatable bonds is 11. The van der Waals surface area contributed by atoms with Crippen molar-refractivity contribution in [1.82, 2.24) is 10.3 Å². The summed E-state index contributed by atoms with van der Waals surface area (Å²) in [4.78, 5) is 14.0. The first kappa shape index (κ1) is 21.7. The molecule has 7 heteroatoms. The van der Waals surface area contributed by atoms with E-state index in [1.54, 1.807) is 19.4 Å². The predicted octanol–water partition coefficient (Wildman–Crippen LogP) is 3.10. The van der Waals surface area contributed by atoms with Gasteiger partial charge in [-0.3, -0.25) is 4.79 Å². The molecule has 1 aromatic heterocycles. The average molecular weight is 412 g/mol. The van der Waals surface area contributed by atoms with Crippen LogP contribution < -0.4 is 20.1 Å². The van der Waals surface area contributed by atoms with E-state index in [4.69, 9.17) is 9.47 Å². The van der Waals surface area contributed by atoms with Crippen molar-refractivity contribution in [3.05, 3.63) is 54.2 Å². The van der Waals surface area contributed by atoms with E-state index in [-0.39, 0.29) is 12.1 Å². The van der Waals surface area contributed by atoms with Crippen LogP contribution in [0, 0.1) is 0 Å². The number of fused-ring (bicyclic) bond motifs is 1. The van der Waals surface area contributed by atoms with Gasteiger partial charge in [0, 0.05) is 18.3 Å². The fourth-order valence-electron chi connectivity index (χ4n) is 3.41. The molecule has 7 nitrogen and oxygen atoms in total. The van der Waals surface area contributed by atoms with Gasteiger partial charge in [0.15, 0.2) is 0 Å². The molecule has 0 saturated heterocycles. The molecule has 0 saturated carbocycles. The number of ether oxygens (including phenoxy) is 2. The summed E-state index contributed by atoms with van der Waals surface area (Å²) in [6, 6.07) is 13.5. The van der Waals surface area contributed by atoms with Crippen molar-refractivity contribution in [1.29, 1.82) is 0 Å². The Balaban J connectivity index is 1.53. The molecule has 0 aliphatic carbocycles. The molecule has 1 atom stereocenters. The topological polar surface area (TPSA) is 95.6 Å². The molecular weight excluding hydrogens is 382 g/mol. The summed E-state index contributed by atoms with van der Waals surface area (Å²) in [5.74, 6) is 1.42. The number of hydrogen-bond acceptors (Lipinski definition) is 5. The van der Waals surface area contributed by atoms with Gasteiger partial charge >= 0.3 is 0 Å². The highest BCUT2D eigenvalue weighted by Crippen LogP contribution is 2.32. The van der Waals surface area contributed by atoms with E-state index in [0.29, 0.717) is 24.4 Å². The number of benzene rings is 2. The second kappa shape index (κ2) is 9.65. The van der Waals surface area contributed by atoms with Gasteiger partial charge in [-0.2, -0.15) is 0 Å². The fraction of sp³-hybridized carbons (Fsp3) is 0.348. The van der Waals surface area contributed by atoms with Crippen LogP contribution >= 0.6 is 0 Å². The van der Waals surface area contributed by atoms with Crippen LogP contribution in [-0.4, -0.2) is 48.4 Å². The van der Waals surface area contributed by atoms with Gasteiger partial charge in [-0.05, 0) is 50.1 Å². The summed E-state index contributed by atoms with van der Waals surface area (Å²) in [6.45, 7) is 4.72. The maximum atomic E-state index is 10.8. The van der Waals surface area contributed by atoms with Crippen LogP contribution in [0.25, 0.3) is 10.9 Å². The van der Waals surface area contributed by atoms with E-state index < -0.39 is 6.10 Å². The third-order valence-corrected chi connectivity index (χ3v) is 4.94. The lowest BCUT2D eigenvalue weighted by molar-refractivity contribution is -0.105. The highest BCUT2D eigenvalue weighted by molar-refractivity contribution is 6.00. The standard InChI is InChI=1S/C23H29N3O4/c1-23(2,11-16-7-9-18(29-3)10-8-16)26-12-17(28)14-30-21-13-24-19-5-4-6-20(22(19)21)25-15-27/h4-10,13,15,17,24,26,28H,11-12,14H2,1-3H3,(H,25,27). The number of methoxy groups -OCH3 is 1. The molecule has 4 N–H and O–H groups in total. The number of carbonyl (C=O) groups excluding carboxylic acids is 1. The third-order valence-electron chi connectivity index (χ3n) is 4.94. The molecule has 0 aliphatic heterocycles. The quantitative estimate of drug-likeness (QED) is 0.364. The SMILES string of the molecule is COc1ccc(CC(C)(C)NCC(O)COc2c[nH]c3cccc(NC=O)c23)cc1. The lowest BCUT2D eigenvalue weighted by Crippen LogP contribution is -2.46. The van der Waals surface area contributed by atoms with Crippen molar-refractivity contribution in [2.24, 2.45) is 0 Å². The zero-order valence-electron chi connectivity index (χ0n) is 17.6. The molecule has 0 radical (unpaired) electrons. The minimum atomic E-state index is -0.684. The van der Waals surface area contributed by atoms with E-state index >= 15 is 0 Å². The number of nitrogens with one attached hydrogen (secondary N) is 3. The Morgan fingerprint density at radius 1 is 1.20 bits per heavy atom. The van der Waals surface area contributed by atoms with E-state index in [1.165, 1.54) is 5.56 Å². The Hall–Kier alpha value is -3.03. The number of amides is 1. The summed E-state index contributed by atoms with van der Waals surface area (Å²) >= 11 is 0. The number of aromatic nitrogens is 1. The molecule has 0 spiro atoms. The Kier molecular flexibility index (Phi) is 6.97. The van der Waals surface area contributed by atoms with Gasteiger partial charge in [-0.15, -0.1) is 0 Å². The highest BCUT2D eigenvalue weighted by Gasteiger charge is 2.20.